The van der Waals surface area contributed by atoms with Crippen LogP contribution < -0.4 is 0 Å². The van der Waals surface area contributed by atoms with Crippen molar-refractivity contribution in [2.45, 2.75) is 40.2 Å². The average Bonchev–Trinajstić information content (AvgIpc) is 2.46. The summed E-state index contributed by atoms with van der Waals surface area (Å²) >= 11 is 0. The number of carbonyl (C=O) groups excluding carboxylic acids is 1. The molecule has 0 bridgehead atoms. The molecule has 0 aromatic heterocycles. The molecule has 0 aliphatic carbocycles. The van der Waals surface area contributed by atoms with Crippen LogP contribution in [0.25, 0.3) is 0 Å². The topological polar surface area (TPSA) is 23.6 Å². The van der Waals surface area contributed by atoms with Crippen LogP contribution in [0.2, 0.25) is 0 Å². The fraction of sp³-hybridized carbons (Fsp3) is 0.923. The molecule has 16 heavy (non-hydrogen) atoms. The van der Waals surface area contributed by atoms with E-state index < -0.39 is 0 Å². The highest BCUT2D eigenvalue weighted by molar-refractivity contribution is 5.83. The van der Waals surface area contributed by atoms with E-state index in [1.54, 1.807) is 0 Å². The Morgan fingerprint density at radius 2 is 1.94 bits per heavy atom. The molecule has 0 aromatic carbocycles. The van der Waals surface area contributed by atoms with Crippen molar-refractivity contribution < 1.29 is 4.79 Å². The molecule has 1 saturated heterocycles. The predicted octanol–water partition coefficient (Wildman–Crippen LogP) is 1.83. The Hall–Kier alpha value is -0.570. The first-order valence-electron chi connectivity index (χ1n) is 6.40. The minimum atomic E-state index is 0.126. The van der Waals surface area contributed by atoms with Crippen molar-refractivity contribution >= 4 is 5.91 Å². The highest BCUT2D eigenvalue weighted by atomic mass is 16.2. The summed E-state index contributed by atoms with van der Waals surface area (Å²) in [6.07, 6.45) is 0.995. The third-order valence-electron chi connectivity index (χ3n) is 3.04. The summed E-state index contributed by atoms with van der Waals surface area (Å²) in [5.74, 6) is 1.52. The van der Waals surface area contributed by atoms with Gasteiger partial charge in [-0.2, -0.15) is 0 Å². The Morgan fingerprint density at radius 3 is 2.44 bits per heavy atom. The first-order valence-corrected chi connectivity index (χ1v) is 6.40. The molecular weight excluding hydrogens is 200 g/mol. The minimum absolute atomic E-state index is 0.126. The molecule has 3 heteroatoms. The summed E-state index contributed by atoms with van der Waals surface area (Å²) in [5.41, 5.74) is 0. The molecule has 1 fully saturated rings. The van der Waals surface area contributed by atoms with E-state index in [1.165, 1.54) is 0 Å². The van der Waals surface area contributed by atoms with Crippen LogP contribution >= 0.6 is 0 Å². The molecule has 0 aromatic rings. The zero-order chi connectivity index (χ0) is 12.3. The van der Waals surface area contributed by atoms with Gasteiger partial charge in [-0.25, -0.2) is 0 Å². The Balaban J connectivity index is 2.50. The van der Waals surface area contributed by atoms with E-state index in [0.29, 0.717) is 17.7 Å². The van der Waals surface area contributed by atoms with Crippen molar-refractivity contribution in [3.05, 3.63) is 0 Å². The van der Waals surface area contributed by atoms with Gasteiger partial charge in [0.15, 0.2) is 0 Å². The van der Waals surface area contributed by atoms with Gasteiger partial charge < -0.3 is 4.90 Å². The number of amides is 1. The lowest BCUT2D eigenvalue weighted by Crippen LogP contribution is -2.41. The van der Waals surface area contributed by atoms with Gasteiger partial charge in [-0.05, 0) is 25.3 Å². The van der Waals surface area contributed by atoms with Gasteiger partial charge in [-0.15, -0.1) is 0 Å². The van der Waals surface area contributed by atoms with Crippen LogP contribution in [0.15, 0.2) is 0 Å². The number of likely N-dealkylation sites (N-methyl/N-ethyl adjacent to an activating group) is 1. The SMILES string of the molecule is CC(C)CN1CCC(N(C)CC(C)C)C1=O. The van der Waals surface area contributed by atoms with E-state index in [1.807, 2.05) is 4.90 Å². The summed E-state index contributed by atoms with van der Waals surface area (Å²) < 4.78 is 0. The van der Waals surface area contributed by atoms with Gasteiger partial charge in [0, 0.05) is 19.6 Å². The van der Waals surface area contributed by atoms with E-state index in [4.69, 9.17) is 0 Å². The third-order valence-corrected chi connectivity index (χ3v) is 3.04. The van der Waals surface area contributed by atoms with Gasteiger partial charge in [0.05, 0.1) is 6.04 Å². The molecule has 0 radical (unpaired) electrons. The fourth-order valence-corrected chi connectivity index (χ4v) is 2.46. The second-order valence-corrected chi connectivity index (χ2v) is 5.82. The van der Waals surface area contributed by atoms with Crippen LogP contribution in [0.5, 0.6) is 0 Å². The van der Waals surface area contributed by atoms with Crippen LogP contribution in [0.3, 0.4) is 0 Å². The summed E-state index contributed by atoms with van der Waals surface area (Å²) in [5, 5.41) is 0. The lowest BCUT2D eigenvalue weighted by molar-refractivity contribution is -0.132. The highest BCUT2D eigenvalue weighted by Gasteiger charge is 2.34. The minimum Gasteiger partial charge on any atom is -0.341 e. The van der Waals surface area contributed by atoms with Crippen LogP contribution in [-0.2, 0) is 4.79 Å². The first-order chi connectivity index (χ1) is 7.41. The third kappa shape index (κ3) is 3.48. The van der Waals surface area contributed by atoms with Gasteiger partial charge in [-0.1, -0.05) is 27.7 Å². The maximum absolute atomic E-state index is 12.1. The van der Waals surface area contributed by atoms with Gasteiger partial charge in [0.2, 0.25) is 5.91 Å². The zero-order valence-electron chi connectivity index (χ0n) is 11.4. The molecule has 0 saturated carbocycles. The second-order valence-electron chi connectivity index (χ2n) is 5.82. The molecule has 0 N–H and O–H groups in total. The maximum Gasteiger partial charge on any atom is 0.239 e. The lowest BCUT2D eigenvalue weighted by atomic mass is 10.1. The quantitative estimate of drug-likeness (QED) is 0.714. The molecule has 1 atom stereocenters. The van der Waals surface area contributed by atoms with E-state index in [-0.39, 0.29) is 6.04 Å². The van der Waals surface area contributed by atoms with Crippen molar-refractivity contribution in [3.8, 4) is 0 Å². The number of nitrogens with zero attached hydrogens (tertiary/aromatic N) is 2. The molecular formula is C13H26N2O. The number of likely N-dealkylation sites (tertiary alicyclic amines) is 1. The van der Waals surface area contributed by atoms with Crippen LogP contribution in [0.1, 0.15) is 34.1 Å². The molecule has 1 rings (SSSR count). The van der Waals surface area contributed by atoms with Crippen LogP contribution in [-0.4, -0.2) is 48.4 Å². The second kappa shape index (κ2) is 5.67. The summed E-state index contributed by atoms with van der Waals surface area (Å²) in [7, 11) is 2.07. The summed E-state index contributed by atoms with van der Waals surface area (Å²) in [6.45, 7) is 11.6. The Labute approximate surface area is 99.8 Å². The molecule has 1 aliphatic rings. The average molecular weight is 226 g/mol. The standard InChI is InChI=1S/C13H26N2O/c1-10(2)8-14(5)12-6-7-15(13(12)16)9-11(3)4/h10-12H,6-9H2,1-5H3. The number of rotatable bonds is 5. The predicted molar refractivity (Wildman–Crippen MR) is 67.3 cm³/mol. The number of carbonyl (C=O) groups is 1. The Bertz CT molecular complexity index is 238. The Morgan fingerprint density at radius 1 is 1.31 bits per heavy atom. The smallest absolute Gasteiger partial charge is 0.239 e. The zero-order valence-corrected chi connectivity index (χ0v) is 11.4. The molecule has 3 nitrogen and oxygen atoms in total. The molecule has 1 amide bonds. The summed E-state index contributed by atoms with van der Waals surface area (Å²) in [4.78, 5) is 16.4. The molecule has 1 unspecified atom stereocenters. The number of hydrogen-bond donors (Lipinski definition) is 0. The summed E-state index contributed by atoms with van der Waals surface area (Å²) in [6, 6.07) is 0.126. The molecule has 0 spiro atoms. The van der Waals surface area contributed by atoms with Crippen molar-refractivity contribution in [2.75, 3.05) is 26.7 Å². The first kappa shape index (κ1) is 13.5. The molecule has 1 heterocycles. The van der Waals surface area contributed by atoms with Gasteiger partial charge in [0.25, 0.3) is 0 Å². The van der Waals surface area contributed by atoms with Crippen molar-refractivity contribution in [1.82, 2.24) is 9.80 Å². The number of hydrogen-bond acceptors (Lipinski definition) is 2. The lowest BCUT2D eigenvalue weighted by Gasteiger charge is -2.25. The largest absolute Gasteiger partial charge is 0.341 e. The van der Waals surface area contributed by atoms with Crippen molar-refractivity contribution in [3.63, 3.8) is 0 Å². The van der Waals surface area contributed by atoms with Crippen molar-refractivity contribution in [2.24, 2.45) is 11.8 Å². The van der Waals surface area contributed by atoms with E-state index in [9.17, 15) is 4.79 Å². The van der Waals surface area contributed by atoms with Crippen LogP contribution in [0.4, 0.5) is 0 Å². The van der Waals surface area contributed by atoms with Crippen LogP contribution in [0, 0.1) is 11.8 Å². The van der Waals surface area contributed by atoms with Crippen molar-refractivity contribution in [1.29, 1.82) is 0 Å². The fourth-order valence-electron chi connectivity index (χ4n) is 2.46. The maximum atomic E-state index is 12.1. The van der Waals surface area contributed by atoms with Gasteiger partial charge in [-0.3, -0.25) is 9.69 Å². The van der Waals surface area contributed by atoms with E-state index in [0.717, 1.165) is 26.1 Å². The van der Waals surface area contributed by atoms with Gasteiger partial charge in [0.1, 0.15) is 0 Å². The van der Waals surface area contributed by atoms with E-state index in [2.05, 4.69) is 39.6 Å². The van der Waals surface area contributed by atoms with Gasteiger partial charge >= 0.3 is 0 Å². The monoisotopic (exact) mass is 226 g/mol. The molecule has 94 valence electrons. The van der Waals surface area contributed by atoms with E-state index >= 15 is 0 Å². The molecule has 1 aliphatic heterocycles. The highest BCUT2D eigenvalue weighted by Crippen LogP contribution is 2.18. The Kier molecular flexibility index (Phi) is 4.78. The normalized spacial score (nSPS) is 21.9.